The predicted octanol–water partition coefficient (Wildman–Crippen LogP) is 4.63. The van der Waals surface area contributed by atoms with Crippen LogP contribution in [-0.4, -0.2) is 22.1 Å². The van der Waals surface area contributed by atoms with Gasteiger partial charge in [0.2, 0.25) is 5.91 Å². The normalized spacial score (nSPS) is 12.0. The van der Waals surface area contributed by atoms with Crippen LogP contribution >= 0.6 is 0 Å². The van der Waals surface area contributed by atoms with Gasteiger partial charge in [0, 0.05) is 5.39 Å². The summed E-state index contributed by atoms with van der Waals surface area (Å²) in [4.78, 5) is 16.5. The average molecular weight is 385 g/mol. The van der Waals surface area contributed by atoms with Gasteiger partial charge in [-0.2, -0.15) is 0 Å². The molecule has 0 saturated carbocycles. The van der Waals surface area contributed by atoms with Crippen molar-refractivity contribution in [2.45, 2.75) is 19.5 Å². The second-order valence-electron chi connectivity index (χ2n) is 6.87. The van der Waals surface area contributed by atoms with Crippen molar-refractivity contribution in [1.82, 2.24) is 14.9 Å². The quantitative estimate of drug-likeness (QED) is 0.472. The molecule has 1 heterocycles. The van der Waals surface area contributed by atoms with Gasteiger partial charge in [0.25, 0.3) is 0 Å². The summed E-state index contributed by atoms with van der Waals surface area (Å²) in [5.74, 6) is 1.44. The Morgan fingerprint density at radius 2 is 1.90 bits per heavy atom. The SMILES string of the molecule is C=CC(=O)NC(C)c1nc2ccccc2n1CCOc1cccc2ccccc12. The number of amides is 1. The Morgan fingerprint density at radius 1 is 1.14 bits per heavy atom. The summed E-state index contributed by atoms with van der Waals surface area (Å²) in [5.41, 5.74) is 1.91. The third-order valence-corrected chi connectivity index (χ3v) is 4.94. The Hall–Kier alpha value is -3.60. The van der Waals surface area contributed by atoms with E-state index in [1.165, 1.54) is 6.08 Å². The van der Waals surface area contributed by atoms with E-state index in [1.807, 2.05) is 55.5 Å². The summed E-state index contributed by atoms with van der Waals surface area (Å²) < 4.78 is 8.23. The lowest BCUT2D eigenvalue weighted by Crippen LogP contribution is -2.27. The van der Waals surface area contributed by atoms with Crippen LogP contribution in [0, 0.1) is 0 Å². The number of benzene rings is 3. The monoisotopic (exact) mass is 385 g/mol. The maximum Gasteiger partial charge on any atom is 0.243 e. The van der Waals surface area contributed by atoms with Crippen LogP contribution in [0.15, 0.2) is 79.4 Å². The van der Waals surface area contributed by atoms with Crippen molar-refractivity contribution < 1.29 is 9.53 Å². The van der Waals surface area contributed by atoms with E-state index in [2.05, 4.69) is 34.7 Å². The first-order valence-electron chi connectivity index (χ1n) is 9.66. The third-order valence-electron chi connectivity index (χ3n) is 4.94. The number of hydrogen-bond donors (Lipinski definition) is 1. The third kappa shape index (κ3) is 3.85. The van der Waals surface area contributed by atoms with Crippen LogP contribution in [0.5, 0.6) is 5.75 Å². The number of ether oxygens (including phenoxy) is 1. The zero-order valence-electron chi connectivity index (χ0n) is 16.3. The minimum Gasteiger partial charge on any atom is -0.491 e. The summed E-state index contributed by atoms with van der Waals surface area (Å²) >= 11 is 0. The molecular weight excluding hydrogens is 362 g/mol. The average Bonchev–Trinajstić information content (AvgIpc) is 3.12. The lowest BCUT2D eigenvalue weighted by atomic mass is 10.1. The summed E-state index contributed by atoms with van der Waals surface area (Å²) in [5, 5.41) is 5.15. The molecule has 4 aromatic rings. The van der Waals surface area contributed by atoms with E-state index in [9.17, 15) is 4.79 Å². The van der Waals surface area contributed by atoms with Crippen LogP contribution in [0.3, 0.4) is 0 Å². The first-order chi connectivity index (χ1) is 14.2. The summed E-state index contributed by atoms with van der Waals surface area (Å²) in [7, 11) is 0. The van der Waals surface area contributed by atoms with Crippen molar-refractivity contribution in [3.63, 3.8) is 0 Å². The summed E-state index contributed by atoms with van der Waals surface area (Å²) in [6, 6.07) is 22.0. The molecule has 1 amide bonds. The van der Waals surface area contributed by atoms with Gasteiger partial charge in [0.15, 0.2) is 0 Å². The molecule has 0 aliphatic carbocycles. The highest BCUT2D eigenvalue weighted by molar-refractivity contribution is 5.88. The fraction of sp³-hybridized carbons (Fsp3) is 0.167. The van der Waals surface area contributed by atoms with Gasteiger partial charge >= 0.3 is 0 Å². The molecule has 0 fully saturated rings. The number of nitrogens with one attached hydrogen (secondary N) is 1. The van der Waals surface area contributed by atoms with Gasteiger partial charge in [0.1, 0.15) is 18.2 Å². The second-order valence-corrected chi connectivity index (χ2v) is 6.87. The number of para-hydroxylation sites is 2. The molecule has 0 saturated heterocycles. The second kappa shape index (κ2) is 8.19. The molecule has 0 aliphatic rings. The highest BCUT2D eigenvalue weighted by Crippen LogP contribution is 2.26. The van der Waals surface area contributed by atoms with E-state index in [1.54, 1.807) is 0 Å². The fourth-order valence-electron chi connectivity index (χ4n) is 3.57. The molecule has 0 aliphatic heterocycles. The summed E-state index contributed by atoms with van der Waals surface area (Å²) in [6.07, 6.45) is 1.27. The van der Waals surface area contributed by atoms with Crippen LogP contribution in [-0.2, 0) is 11.3 Å². The number of rotatable bonds is 7. The molecule has 146 valence electrons. The van der Waals surface area contributed by atoms with Crippen molar-refractivity contribution in [3.8, 4) is 5.75 Å². The van der Waals surface area contributed by atoms with Crippen molar-refractivity contribution in [2.75, 3.05) is 6.61 Å². The van der Waals surface area contributed by atoms with Crippen LogP contribution in [0.25, 0.3) is 21.8 Å². The zero-order valence-corrected chi connectivity index (χ0v) is 16.3. The standard InChI is InChI=1S/C24H23N3O2/c1-3-23(28)25-17(2)24-26-20-12-6-7-13-21(20)27(24)15-16-29-22-14-8-10-18-9-4-5-11-19(18)22/h3-14,17H,1,15-16H2,2H3,(H,25,28). The minimum absolute atomic E-state index is 0.219. The highest BCUT2D eigenvalue weighted by atomic mass is 16.5. The molecule has 0 radical (unpaired) electrons. The number of aromatic nitrogens is 2. The Kier molecular flexibility index (Phi) is 5.29. The lowest BCUT2D eigenvalue weighted by Gasteiger charge is -2.16. The Bertz CT molecular complexity index is 1170. The van der Waals surface area contributed by atoms with E-state index < -0.39 is 0 Å². The minimum atomic E-state index is -0.245. The number of fused-ring (bicyclic) bond motifs is 2. The Balaban J connectivity index is 1.59. The van der Waals surface area contributed by atoms with E-state index in [-0.39, 0.29) is 11.9 Å². The molecule has 1 aromatic heterocycles. The van der Waals surface area contributed by atoms with Gasteiger partial charge in [-0.25, -0.2) is 4.98 Å². The molecule has 4 rings (SSSR count). The Morgan fingerprint density at radius 3 is 2.76 bits per heavy atom. The number of carbonyl (C=O) groups is 1. The number of imidazole rings is 1. The van der Waals surface area contributed by atoms with Gasteiger partial charge in [-0.3, -0.25) is 4.79 Å². The fourth-order valence-corrected chi connectivity index (χ4v) is 3.57. The van der Waals surface area contributed by atoms with E-state index >= 15 is 0 Å². The maximum atomic E-state index is 11.8. The largest absolute Gasteiger partial charge is 0.491 e. The van der Waals surface area contributed by atoms with Gasteiger partial charge in [-0.15, -0.1) is 0 Å². The summed E-state index contributed by atoms with van der Waals surface area (Å²) in [6.45, 7) is 6.55. The van der Waals surface area contributed by atoms with E-state index in [0.717, 1.165) is 33.4 Å². The highest BCUT2D eigenvalue weighted by Gasteiger charge is 2.17. The van der Waals surface area contributed by atoms with E-state index in [4.69, 9.17) is 9.72 Å². The molecule has 3 aromatic carbocycles. The molecule has 29 heavy (non-hydrogen) atoms. The van der Waals surface area contributed by atoms with Crippen molar-refractivity contribution in [3.05, 3.63) is 85.2 Å². The van der Waals surface area contributed by atoms with Crippen molar-refractivity contribution in [2.24, 2.45) is 0 Å². The van der Waals surface area contributed by atoms with Crippen LogP contribution in [0.4, 0.5) is 0 Å². The van der Waals surface area contributed by atoms with Crippen LogP contribution in [0.1, 0.15) is 18.8 Å². The first-order valence-corrected chi connectivity index (χ1v) is 9.66. The van der Waals surface area contributed by atoms with Crippen LogP contribution in [0.2, 0.25) is 0 Å². The molecule has 0 spiro atoms. The number of carbonyl (C=O) groups excluding carboxylic acids is 1. The predicted molar refractivity (Wildman–Crippen MR) is 116 cm³/mol. The number of nitrogens with zero attached hydrogens (tertiary/aromatic N) is 2. The van der Waals surface area contributed by atoms with Gasteiger partial charge < -0.3 is 14.6 Å². The molecule has 1 atom stereocenters. The first kappa shape index (κ1) is 18.7. The van der Waals surface area contributed by atoms with Crippen molar-refractivity contribution >= 4 is 27.7 Å². The topological polar surface area (TPSA) is 56.2 Å². The molecular formula is C24H23N3O2. The van der Waals surface area contributed by atoms with Gasteiger partial charge in [-0.1, -0.05) is 55.1 Å². The zero-order chi connectivity index (χ0) is 20.2. The Labute approximate surface area is 169 Å². The molecule has 1 unspecified atom stereocenters. The maximum absolute atomic E-state index is 11.8. The van der Waals surface area contributed by atoms with Crippen molar-refractivity contribution in [1.29, 1.82) is 0 Å². The lowest BCUT2D eigenvalue weighted by molar-refractivity contribution is -0.117. The molecule has 5 heteroatoms. The van der Waals surface area contributed by atoms with Gasteiger partial charge in [0.05, 0.1) is 23.6 Å². The molecule has 5 nitrogen and oxygen atoms in total. The molecule has 0 bridgehead atoms. The number of hydrogen-bond acceptors (Lipinski definition) is 3. The molecule has 1 N–H and O–H groups in total. The van der Waals surface area contributed by atoms with Gasteiger partial charge in [-0.05, 0) is 36.6 Å². The van der Waals surface area contributed by atoms with E-state index in [0.29, 0.717) is 13.2 Å². The van der Waals surface area contributed by atoms with Crippen LogP contribution < -0.4 is 10.1 Å². The smallest absolute Gasteiger partial charge is 0.243 e.